The van der Waals surface area contributed by atoms with E-state index in [4.69, 9.17) is 11.6 Å². The fraction of sp³-hybridized carbons (Fsp3) is 0.429. The summed E-state index contributed by atoms with van der Waals surface area (Å²) in [7, 11) is 1.95. The summed E-state index contributed by atoms with van der Waals surface area (Å²) in [6, 6.07) is 5.92. The van der Waals surface area contributed by atoms with Crippen LogP contribution in [-0.2, 0) is 9.59 Å². The highest BCUT2D eigenvalue weighted by Crippen LogP contribution is 2.20. The molecule has 21 heavy (non-hydrogen) atoms. The summed E-state index contributed by atoms with van der Waals surface area (Å²) >= 11 is 5.93. The lowest BCUT2D eigenvalue weighted by Crippen LogP contribution is -2.94. The Hall–Kier alpha value is -1.63. The fourth-order valence-corrected chi connectivity index (χ4v) is 2.05. The van der Waals surface area contributed by atoms with Crippen molar-refractivity contribution >= 4 is 29.2 Å². The van der Waals surface area contributed by atoms with E-state index in [0.717, 1.165) is 13.0 Å². The largest absolute Gasteiger partial charge is 0.544 e. The minimum atomic E-state index is -1.23. The van der Waals surface area contributed by atoms with Crippen LogP contribution in [0.15, 0.2) is 24.3 Å². The monoisotopic (exact) mass is 314 g/mol. The lowest BCUT2D eigenvalue weighted by molar-refractivity contribution is -0.692. The molecule has 6 nitrogen and oxygen atoms in total. The predicted octanol–water partition coefficient (Wildman–Crippen LogP) is -2.07. The second kappa shape index (κ2) is 9.33. The number of amides is 1. The summed E-state index contributed by atoms with van der Waals surface area (Å²) in [6.45, 7) is 1.56. The van der Waals surface area contributed by atoms with Gasteiger partial charge in [-0.2, -0.15) is 0 Å². The number of halogens is 1. The molecule has 0 aliphatic carbocycles. The van der Waals surface area contributed by atoms with Crippen LogP contribution in [0.4, 0.5) is 5.69 Å². The van der Waals surface area contributed by atoms with Crippen LogP contribution in [0, 0.1) is 0 Å². The van der Waals surface area contributed by atoms with Gasteiger partial charge in [0.25, 0.3) is 0 Å². The molecule has 0 radical (unpaired) electrons. The van der Waals surface area contributed by atoms with Gasteiger partial charge in [0.1, 0.15) is 6.04 Å². The molecule has 0 bridgehead atoms. The maximum atomic E-state index is 11.9. The van der Waals surface area contributed by atoms with Gasteiger partial charge in [-0.1, -0.05) is 23.7 Å². The molecule has 0 unspecified atom stereocenters. The van der Waals surface area contributed by atoms with Crippen molar-refractivity contribution in [2.24, 2.45) is 0 Å². The van der Waals surface area contributed by atoms with E-state index in [1.54, 1.807) is 29.6 Å². The van der Waals surface area contributed by atoms with E-state index in [2.05, 4.69) is 5.32 Å². The molecule has 0 aliphatic heterocycles. The van der Waals surface area contributed by atoms with Crippen molar-refractivity contribution in [3.63, 3.8) is 0 Å². The van der Waals surface area contributed by atoms with Gasteiger partial charge in [0.15, 0.2) is 0 Å². The van der Waals surface area contributed by atoms with Crippen LogP contribution >= 0.6 is 11.6 Å². The molecule has 0 fully saturated rings. The molecule has 5 N–H and O–H groups in total. The molecule has 0 aliphatic rings. The number of nitrogens with one attached hydrogen (secondary N) is 1. The van der Waals surface area contributed by atoms with Crippen molar-refractivity contribution in [1.29, 1.82) is 0 Å². The molecule has 0 spiro atoms. The van der Waals surface area contributed by atoms with E-state index >= 15 is 0 Å². The van der Waals surface area contributed by atoms with Crippen molar-refractivity contribution in [3.8, 4) is 0 Å². The molecule has 0 saturated carbocycles. The molecule has 1 aromatic rings. The fourth-order valence-electron chi connectivity index (χ4n) is 1.87. The zero-order chi connectivity index (χ0) is 15.7. The van der Waals surface area contributed by atoms with Crippen LogP contribution < -0.4 is 21.1 Å². The highest BCUT2D eigenvalue weighted by atomic mass is 35.5. The van der Waals surface area contributed by atoms with Crippen LogP contribution in [0.25, 0.3) is 0 Å². The van der Waals surface area contributed by atoms with E-state index in [9.17, 15) is 14.7 Å². The zero-order valence-electron chi connectivity index (χ0n) is 12.0. The SMILES string of the molecule is C[NH2+]CCC[NH2+][C@@H](CC(=O)Nc1ccccc1Cl)C(=O)[O-]. The molecule has 0 heterocycles. The zero-order valence-corrected chi connectivity index (χ0v) is 12.7. The minimum Gasteiger partial charge on any atom is -0.544 e. The highest BCUT2D eigenvalue weighted by molar-refractivity contribution is 6.33. The first-order valence-corrected chi connectivity index (χ1v) is 7.28. The Morgan fingerprint density at radius 2 is 2.05 bits per heavy atom. The molecule has 1 atom stereocenters. The Bertz CT molecular complexity index is 482. The molecule has 116 valence electrons. The van der Waals surface area contributed by atoms with Gasteiger partial charge < -0.3 is 25.9 Å². The number of carbonyl (C=O) groups excluding carboxylic acids is 2. The van der Waals surface area contributed by atoms with E-state index in [1.165, 1.54) is 0 Å². The molecule has 1 aromatic carbocycles. The van der Waals surface area contributed by atoms with E-state index in [-0.39, 0.29) is 6.42 Å². The van der Waals surface area contributed by atoms with Gasteiger partial charge in [-0.05, 0) is 12.1 Å². The molecule has 0 aromatic heterocycles. The van der Waals surface area contributed by atoms with Crippen molar-refractivity contribution in [1.82, 2.24) is 0 Å². The van der Waals surface area contributed by atoms with Crippen molar-refractivity contribution in [2.75, 3.05) is 25.5 Å². The Morgan fingerprint density at radius 1 is 1.33 bits per heavy atom. The van der Waals surface area contributed by atoms with Crippen LogP contribution in [0.3, 0.4) is 0 Å². The minimum absolute atomic E-state index is 0.149. The summed E-state index contributed by atoms with van der Waals surface area (Å²) in [4.78, 5) is 22.9. The molecule has 0 saturated heterocycles. The van der Waals surface area contributed by atoms with Gasteiger partial charge in [0, 0.05) is 6.42 Å². The summed E-state index contributed by atoms with van der Waals surface area (Å²) in [5.41, 5.74) is 0.474. The number of carboxylic acids is 1. The lowest BCUT2D eigenvalue weighted by Gasteiger charge is -2.16. The number of para-hydroxylation sites is 1. The summed E-state index contributed by atoms with van der Waals surface area (Å²) < 4.78 is 0. The van der Waals surface area contributed by atoms with Crippen LogP contribution in [-0.4, -0.2) is 38.1 Å². The smallest absolute Gasteiger partial charge is 0.230 e. The van der Waals surface area contributed by atoms with Gasteiger partial charge in [0.2, 0.25) is 5.91 Å². The molecular formula is C14H21ClN3O3+. The Kier molecular flexibility index (Phi) is 7.74. The standard InChI is InChI=1S/C14H20ClN3O3/c1-16-7-4-8-17-12(14(20)21)9-13(19)18-11-6-3-2-5-10(11)15/h2-3,5-6,12,16-17H,4,7-9H2,1H3,(H,18,19)(H,20,21)/p+1/t12-/m0/s1. The summed E-state index contributed by atoms with van der Waals surface area (Å²) in [5, 5.41) is 17.7. The molecule has 1 rings (SSSR count). The number of aliphatic carboxylic acids is 1. The van der Waals surface area contributed by atoms with Gasteiger partial charge in [-0.15, -0.1) is 0 Å². The number of hydrogen-bond acceptors (Lipinski definition) is 3. The van der Waals surface area contributed by atoms with Gasteiger partial charge in [0.05, 0.1) is 43.2 Å². The van der Waals surface area contributed by atoms with E-state index < -0.39 is 17.9 Å². The van der Waals surface area contributed by atoms with Gasteiger partial charge in [-0.25, -0.2) is 0 Å². The Balaban J connectivity index is 2.49. The van der Waals surface area contributed by atoms with E-state index in [1.807, 2.05) is 12.4 Å². The second-order valence-electron chi connectivity index (χ2n) is 4.73. The number of benzene rings is 1. The summed E-state index contributed by atoms with van der Waals surface area (Å²) in [6.07, 6.45) is 0.718. The Morgan fingerprint density at radius 3 is 2.67 bits per heavy atom. The van der Waals surface area contributed by atoms with Gasteiger partial charge >= 0.3 is 0 Å². The quantitative estimate of drug-likeness (QED) is 0.456. The van der Waals surface area contributed by atoms with Crippen LogP contribution in [0.1, 0.15) is 12.8 Å². The third-order valence-corrected chi connectivity index (χ3v) is 3.33. The topological polar surface area (TPSA) is 102 Å². The molecule has 7 heteroatoms. The maximum absolute atomic E-state index is 11.9. The second-order valence-corrected chi connectivity index (χ2v) is 5.14. The number of quaternary nitrogens is 2. The average molecular weight is 315 g/mol. The normalized spacial score (nSPS) is 11.9. The highest BCUT2D eigenvalue weighted by Gasteiger charge is 2.18. The molecule has 1 amide bonds. The number of nitrogens with two attached hydrogens (primary N) is 2. The van der Waals surface area contributed by atoms with Crippen molar-refractivity contribution < 1.29 is 25.3 Å². The number of anilines is 1. The van der Waals surface area contributed by atoms with Crippen LogP contribution in [0.5, 0.6) is 0 Å². The third-order valence-electron chi connectivity index (χ3n) is 3.00. The first-order chi connectivity index (χ1) is 10.0. The van der Waals surface area contributed by atoms with E-state index in [0.29, 0.717) is 17.3 Å². The number of carboxylic acid groups (broad SMARTS) is 1. The van der Waals surface area contributed by atoms with Crippen LogP contribution in [0.2, 0.25) is 5.02 Å². The lowest BCUT2D eigenvalue weighted by atomic mass is 10.2. The maximum Gasteiger partial charge on any atom is 0.230 e. The first-order valence-electron chi connectivity index (χ1n) is 6.91. The average Bonchev–Trinajstić information content (AvgIpc) is 2.44. The number of hydrogen-bond donors (Lipinski definition) is 3. The molecular weight excluding hydrogens is 294 g/mol. The summed E-state index contributed by atoms with van der Waals surface area (Å²) in [5.74, 6) is -1.62. The third kappa shape index (κ3) is 6.57. The van der Waals surface area contributed by atoms with Gasteiger partial charge in [-0.3, -0.25) is 4.79 Å². The predicted molar refractivity (Wildman–Crippen MR) is 77.6 cm³/mol. The van der Waals surface area contributed by atoms with Crippen molar-refractivity contribution in [2.45, 2.75) is 18.9 Å². The van der Waals surface area contributed by atoms with Crippen molar-refractivity contribution in [3.05, 3.63) is 29.3 Å². The Labute approximate surface area is 128 Å². The first kappa shape index (κ1) is 17.4. The number of carbonyl (C=O) groups is 2. The number of rotatable bonds is 9.